The first-order chi connectivity index (χ1) is 11.1. The van der Waals surface area contributed by atoms with E-state index in [1.54, 1.807) is 20.8 Å². The second kappa shape index (κ2) is 6.80. The van der Waals surface area contributed by atoms with Crippen molar-refractivity contribution in [3.05, 3.63) is 46.7 Å². The van der Waals surface area contributed by atoms with Crippen molar-refractivity contribution in [1.29, 1.82) is 0 Å². The predicted molar refractivity (Wildman–Crippen MR) is 87.0 cm³/mol. The minimum absolute atomic E-state index is 0.205. The molecule has 130 valence electrons. The minimum atomic E-state index is -4.47. The SMILES string of the molecule is CC1=C(C(=O)OC(C)C)[C@@H](c2cccc(C(F)(F)F)c2)NC(=S)N1. The summed E-state index contributed by atoms with van der Waals surface area (Å²) in [5.74, 6) is -0.604. The molecule has 1 heterocycles. The maximum atomic E-state index is 13.0. The van der Waals surface area contributed by atoms with Crippen molar-refractivity contribution >= 4 is 23.3 Å². The lowest BCUT2D eigenvalue weighted by atomic mass is 9.94. The van der Waals surface area contributed by atoms with Crippen LogP contribution in [0.2, 0.25) is 0 Å². The molecular formula is C16H17F3N2O2S. The van der Waals surface area contributed by atoms with E-state index in [9.17, 15) is 18.0 Å². The third kappa shape index (κ3) is 4.05. The van der Waals surface area contributed by atoms with Gasteiger partial charge >= 0.3 is 12.1 Å². The van der Waals surface area contributed by atoms with Gasteiger partial charge in [0.15, 0.2) is 5.11 Å². The highest BCUT2D eigenvalue weighted by molar-refractivity contribution is 7.80. The first-order valence-corrected chi connectivity index (χ1v) is 7.67. The van der Waals surface area contributed by atoms with Gasteiger partial charge in [-0.1, -0.05) is 12.1 Å². The summed E-state index contributed by atoms with van der Waals surface area (Å²) in [5, 5.41) is 5.88. The van der Waals surface area contributed by atoms with Gasteiger partial charge in [0.05, 0.1) is 23.3 Å². The Morgan fingerprint density at radius 1 is 1.33 bits per heavy atom. The molecule has 8 heteroatoms. The van der Waals surface area contributed by atoms with Gasteiger partial charge < -0.3 is 15.4 Å². The average molecular weight is 358 g/mol. The number of ether oxygens (including phenoxy) is 1. The number of hydrogen-bond donors (Lipinski definition) is 2. The van der Waals surface area contributed by atoms with Crippen molar-refractivity contribution in [2.75, 3.05) is 0 Å². The highest BCUT2D eigenvalue weighted by Gasteiger charge is 2.34. The summed E-state index contributed by atoms with van der Waals surface area (Å²) >= 11 is 5.06. The van der Waals surface area contributed by atoms with Crippen LogP contribution in [0.25, 0.3) is 0 Å². The molecule has 0 fully saturated rings. The van der Waals surface area contributed by atoms with Crippen LogP contribution < -0.4 is 10.6 Å². The van der Waals surface area contributed by atoms with Crippen molar-refractivity contribution in [3.8, 4) is 0 Å². The number of hydrogen-bond acceptors (Lipinski definition) is 3. The van der Waals surface area contributed by atoms with Crippen LogP contribution in [0, 0.1) is 0 Å². The first-order valence-electron chi connectivity index (χ1n) is 7.26. The van der Waals surface area contributed by atoms with E-state index in [-0.39, 0.29) is 22.4 Å². The molecule has 0 spiro atoms. The zero-order valence-electron chi connectivity index (χ0n) is 13.3. The van der Waals surface area contributed by atoms with Crippen molar-refractivity contribution in [3.63, 3.8) is 0 Å². The Morgan fingerprint density at radius 3 is 2.58 bits per heavy atom. The number of halogens is 3. The fraction of sp³-hybridized carbons (Fsp3) is 0.375. The molecule has 0 amide bonds. The zero-order valence-corrected chi connectivity index (χ0v) is 14.1. The Kier molecular flexibility index (Phi) is 5.17. The van der Waals surface area contributed by atoms with E-state index in [4.69, 9.17) is 17.0 Å². The van der Waals surface area contributed by atoms with Crippen LogP contribution in [0.15, 0.2) is 35.5 Å². The number of allylic oxidation sites excluding steroid dienone is 1. The van der Waals surface area contributed by atoms with E-state index in [2.05, 4.69) is 10.6 Å². The van der Waals surface area contributed by atoms with Gasteiger partial charge in [0, 0.05) is 5.70 Å². The number of rotatable bonds is 3. The van der Waals surface area contributed by atoms with E-state index >= 15 is 0 Å². The number of thiocarbonyl (C=S) groups is 1. The van der Waals surface area contributed by atoms with Gasteiger partial charge in [0.2, 0.25) is 0 Å². The molecule has 24 heavy (non-hydrogen) atoms. The van der Waals surface area contributed by atoms with Crippen molar-refractivity contribution in [2.45, 2.75) is 39.1 Å². The maximum Gasteiger partial charge on any atom is 0.416 e. The smallest absolute Gasteiger partial charge is 0.416 e. The molecule has 0 saturated carbocycles. The summed E-state index contributed by atoms with van der Waals surface area (Å²) in [6, 6.07) is 3.97. The molecule has 1 aliphatic heterocycles. The monoisotopic (exact) mass is 358 g/mol. The summed E-state index contributed by atoms with van der Waals surface area (Å²) in [7, 11) is 0. The van der Waals surface area contributed by atoms with E-state index in [1.165, 1.54) is 12.1 Å². The van der Waals surface area contributed by atoms with Crippen LogP contribution in [-0.2, 0) is 15.7 Å². The van der Waals surface area contributed by atoms with E-state index in [0.717, 1.165) is 12.1 Å². The lowest BCUT2D eigenvalue weighted by Gasteiger charge is -2.30. The number of alkyl halides is 3. The summed E-state index contributed by atoms with van der Waals surface area (Å²) in [6.07, 6.45) is -4.82. The van der Waals surface area contributed by atoms with Gasteiger partial charge in [-0.25, -0.2) is 4.79 Å². The lowest BCUT2D eigenvalue weighted by molar-refractivity contribution is -0.143. The van der Waals surface area contributed by atoms with Crippen molar-refractivity contribution in [2.24, 2.45) is 0 Å². The molecule has 1 aromatic rings. The standard InChI is InChI=1S/C16H17F3N2O2S/c1-8(2)23-14(22)12-9(3)20-15(24)21-13(12)10-5-4-6-11(7-10)16(17,18)19/h4-8,13H,1-3H3,(H2,20,21,24)/t13-/m1/s1. The Morgan fingerprint density at radius 2 is 2.00 bits per heavy atom. The predicted octanol–water partition coefficient (Wildman–Crippen LogP) is 3.45. The van der Waals surface area contributed by atoms with Gasteiger partial charge in [-0.15, -0.1) is 0 Å². The summed E-state index contributed by atoms with van der Waals surface area (Å²) in [4.78, 5) is 12.4. The summed E-state index contributed by atoms with van der Waals surface area (Å²) in [6.45, 7) is 5.02. The van der Waals surface area contributed by atoms with Crippen molar-refractivity contribution < 1.29 is 22.7 Å². The van der Waals surface area contributed by atoms with E-state index in [1.807, 2.05) is 0 Å². The molecular weight excluding hydrogens is 341 g/mol. The van der Waals surface area contributed by atoms with Crippen LogP contribution in [0.5, 0.6) is 0 Å². The Bertz CT molecular complexity index is 699. The molecule has 0 aliphatic carbocycles. The minimum Gasteiger partial charge on any atom is -0.459 e. The van der Waals surface area contributed by atoms with Crippen LogP contribution >= 0.6 is 12.2 Å². The molecule has 1 aliphatic rings. The lowest BCUT2D eigenvalue weighted by Crippen LogP contribution is -2.45. The Hall–Kier alpha value is -2.09. The highest BCUT2D eigenvalue weighted by atomic mass is 32.1. The third-order valence-corrected chi connectivity index (χ3v) is 3.60. The normalized spacial score (nSPS) is 18.3. The second-order valence-corrected chi connectivity index (χ2v) is 6.06. The Balaban J connectivity index is 2.47. The van der Waals surface area contributed by atoms with Crippen molar-refractivity contribution in [1.82, 2.24) is 10.6 Å². The van der Waals surface area contributed by atoms with E-state index in [0.29, 0.717) is 5.70 Å². The third-order valence-electron chi connectivity index (χ3n) is 3.38. The maximum absolute atomic E-state index is 13.0. The molecule has 0 unspecified atom stereocenters. The molecule has 0 radical (unpaired) electrons. The van der Waals surface area contributed by atoms with Gasteiger partial charge in [0.25, 0.3) is 0 Å². The molecule has 2 N–H and O–H groups in total. The number of carbonyl (C=O) groups excluding carboxylic acids is 1. The average Bonchev–Trinajstić information content (AvgIpc) is 2.44. The van der Waals surface area contributed by atoms with Crippen LogP contribution in [0.3, 0.4) is 0 Å². The molecule has 0 saturated heterocycles. The summed E-state index contributed by atoms with van der Waals surface area (Å²) < 4.78 is 44.1. The molecule has 0 aromatic heterocycles. The Labute approximate surface area is 143 Å². The number of esters is 1. The molecule has 0 bridgehead atoms. The first kappa shape index (κ1) is 18.3. The highest BCUT2D eigenvalue weighted by Crippen LogP contribution is 2.33. The van der Waals surface area contributed by atoms with Crippen LogP contribution in [0.4, 0.5) is 13.2 Å². The van der Waals surface area contributed by atoms with Crippen LogP contribution in [-0.4, -0.2) is 17.2 Å². The zero-order chi connectivity index (χ0) is 18.1. The molecule has 4 nitrogen and oxygen atoms in total. The van der Waals surface area contributed by atoms with Gasteiger partial charge in [-0.3, -0.25) is 0 Å². The van der Waals surface area contributed by atoms with E-state index < -0.39 is 23.8 Å². The fourth-order valence-corrected chi connectivity index (χ4v) is 2.66. The second-order valence-electron chi connectivity index (χ2n) is 5.65. The van der Waals surface area contributed by atoms with Crippen LogP contribution in [0.1, 0.15) is 37.9 Å². The van der Waals surface area contributed by atoms with Gasteiger partial charge in [-0.05, 0) is 50.7 Å². The fourth-order valence-electron chi connectivity index (χ4n) is 2.39. The number of carbonyl (C=O) groups is 1. The molecule has 1 atom stereocenters. The summed E-state index contributed by atoms with van der Waals surface area (Å²) in [5.41, 5.74) is 0.146. The quantitative estimate of drug-likeness (QED) is 0.640. The van der Waals surface area contributed by atoms with Gasteiger partial charge in [0.1, 0.15) is 0 Å². The van der Waals surface area contributed by atoms with Gasteiger partial charge in [-0.2, -0.15) is 13.2 Å². The largest absolute Gasteiger partial charge is 0.459 e. The number of nitrogens with one attached hydrogen (secondary N) is 2. The molecule has 1 aromatic carbocycles. The number of benzene rings is 1. The topological polar surface area (TPSA) is 50.4 Å². The molecule has 2 rings (SSSR count).